The molecule has 1 atom stereocenters. The second-order valence-corrected chi connectivity index (χ2v) is 4.29. The Morgan fingerprint density at radius 2 is 2.18 bits per heavy atom. The van der Waals surface area contributed by atoms with Crippen LogP contribution in [0.25, 0.3) is 0 Å². The molecular weight excluding hydrogens is 214 g/mol. The quantitative estimate of drug-likeness (QED) is 0.757. The molecule has 0 aliphatic rings. The number of pyridine rings is 1. The van der Waals surface area contributed by atoms with Crippen LogP contribution in [0.4, 0.5) is 5.69 Å². The molecule has 96 valence electrons. The Labute approximate surface area is 103 Å². The zero-order chi connectivity index (χ0) is 12.7. The smallest absolute Gasteiger partial charge is 0.0606 e. The van der Waals surface area contributed by atoms with E-state index >= 15 is 0 Å². The highest BCUT2D eigenvalue weighted by atomic mass is 16.3. The fourth-order valence-corrected chi connectivity index (χ4v) is 1.69. The van der Waals surface area contributed by atoms with Crippen LogP contribution >= 0.6 is 0 Å². The summed E-state index contributed by atoms with van der Waals surface area (Å²) in [6.07, 6.45) is 4.10. The SMILES string of the molecule is CCCCN(CCO)c1ccc(C(C)N)nc1. The van der Waals surface area contributed by atoms with Crippen molar-refractivity contribution in [3.8, 4) is 0 Å². The Hall–Kier alpha value is -1.13. The monoisotopic (exact) mass is 237 g/mol. The van der Waals surface area contributed by atoms with Crippen LogP contribution in [0.2, 0.25) is 0 Å². The molecule has 1 aromatic heterocycles. The molecule has 0 bridgehead atoms. The molecule has 3 N–H and O–H groups in total. The number of unbranched alkanes of at least 4 members (excludes halogenated alkanes) is 1. The standard InChI is InChI=1S/C13H23N3O/c1-3-4-7-16(8-9-17)12-5-6-13(11(2)14)15-10-12/h5-6,10-11,17H,3-4,7-9,14H2,1-2H3. The largest absolute Gasteiger partial charge is 0.395 e. The van der Waals surface area contributed by atoms with E-state index in [0.29, 0.717) is 6.54 Å². The van der Waals surface area contributed by atoms with E-state index in [1.807, 2.05) is 25.3 Å². The van der Waals surface area contributed by atoms with Gasteiger partial charge < -0.3 is 15.7 Å². The second-order valence-electron chi connectivity index (χ2n) is 4.29. The summed E-state index contributed by atoms with van der Waals surface area (Å²) in [5.41, 5.74) is 7.71. The Balaban J connectivity index is 2.72. The van der Waals surface area contributed by atoms with E-state index in [4.69, 9.17) is 10.8 Å². The minimum atomic E-state index is -0.0361. The number of anilines is 1. The van der Waals surface area contributed by atoms with Gasteiger partial charge in [-0.2, -0.15) is 0 Å². The number of aliphatic hydroxyl groups is 1. The molecule has 0 aliphatic heterocycles. The van der Waals surface area contributed by atoms with Crippen molar-refractivity contribution in [2.45, 2.75) is 32.7 Å². The van der Waals surface area contributed by atoms with E-state index in [1.54, 1.807) is 0 Å². The van der Waals surface area contributed by atoms with Crippen molar-refractivity contribution in [3.05, 3.63) is 24.0 Å². The molecule has 0 saturated heterocycles. The lowest BCUT2D eigenvalue weighted by atomic mass is 10.2. The van der Waals surface area contributed by atoms with E-state index in [0.717, 1.165) is 30.8 Å². The van der Waals surface area contributed by atoms with Gasteiger partial charge in [0.05, 0.1) is 24.2 Å². The predicted molar refractivity (Wildman–Crippen MR) is 71.0 cm³/mol. The summed E-state index contributed by atoms with van der Waals surface area (Å²) in [6, 6.07) is 3.94. The van der Waals surface area contributed by atoms with Crippen LogP contribution in [0.5, 0.6) is 0 Å². The van der Waals surface area contributed by atoms with Crippen molar-refractivity contribution in [2.24, 2.45) is 5.73 Å². The third-order valence-electron chi connectivity index (χ3n) is 2.75. The van der Waals surface area contributed by atoms with Gasteiger partial charge in [-0.3, -0.25) is 4.98 Å². The van der Waals surface area contributed by atoms with Crippen LogP contribution in [0.15, 0.2) is 18.3 Å². The number of nitrogens with two attached hydrogens (primary N) is 1. The predicted octanol–water partition coefficient (Wildman–Crippen LogP) is 1.70. The van der Waals surface area contributed by atoms with Crippen LogP contribution in [-0.4, -0.2) is 29.8 Å². The lowest BCUT2D eigenvalue weighted by molar-refractivity contribution is 0.301. The third kappa shape index (κ3) is 4.32. The van der Waals surface area contributed by atoms with Gasteiger partial charge in [0.25, 0.3) is 0 Å². The molecule has 0 aromatic carbocycles. The number of aromatic nitrogens is 1. The molecule has 1 unspecified atom stereocenters. The number of nitrogens with zero attached hydrogens (tertiary/aromatic N) is 2. The number of aliphatic hydroxyl groups excluding tert-OH is 1. The maximum Gasteiger partial charge on any atom is 0.0606 e. The molecule has 1 aromatic rings. The van der Waals surface area contributed by atoms with Crippen LogP contribution in [0.3, 0.4) is 0 Å². The van der Waals surface area contributed by atoms with Crippen molar-refractivity contribution >= 4 is 5.69 Å². The van der Waals surface area contributed by atoms with Crippen molar-refractivity contribution in [3.63, 3.8) is 0 Å². The number of hydrogen-bond acceptors (Lipinski definition) is 4. The average Bonchev–Trinajstić information content (AvgIpc) is 2.34. The molecule has 0 amide bonds. The molecule has 0 fully saturated rings. The third-order valence-corrected chi connectivity index (χ3v) is 2.75. The first-order valence-corrected chi connectivity index (χ1v) is 6.26. The zero-order valence-corrected chi connectivity index (χ0v) is 10.8. The van der Waals surface area contributed by atoms with Crippen LogP contribution < -0.4 is 10.6 Å². The average molecular weight is 237 g/mol. The van der Waals surface area contributed by atoms with E-state index in [2.05, 4.69) is 16.8 Å². The summed E-state index contributed by atoms with van der Waals surface area (Å²) in [6.45, 7) is 5.85. The summed E-state index contributed by atoms with van der Waals surface area (Å²) in [5.74, 6) is 0. The summed E-state index contributed by atoms with van der Waals surface area (Å²) in [4.78, 5) is 6.50. The lowest BCUT2D eigenvalue weighted by Crippen LogP contribution is -2.27. The molecule has 4 heteroatoms. The summed E-state index contributed by atoms with van der Waals surface area (Å²) >= 11 is 0. The second kappa shape index (κ2) is 7.25. The topological polar surface area (TPSA) is 62.4 Å². The van der Waals surface area contributed by atoms with Crippen molar-refractivity contribution in [1.29, 1.82) is 0 Å². The molecule has 0 aliphatic carbocycles. The summed E-state index contributed by atoms with van der Waals surface area (Å²) in [5, 5.41) is 9.06. The molecular formula is C13H23N3O. The first-order chi connectivity index (χ1) is 8.19. The molecule has 0 radical (unpaired) electrons. The normalized spacial score (nSPS) is 12.5. The maximum absolute atomic E-state index is 9.06. The molecule has 0 saturated carbocycles. The molecule has 1 rings (SSSR count). The zero-order valence-electron chi connectivity index (χ0n) is 10.8. The van der Waals surface area contributed by atoms with Gasteiger partial charge in [0.1, 0.15) is 0 Å². The first-order valence-electron chi connectivity index (χ1n) is 6.26. The maximum atomic E-state index is 9.06. The minimum Gasteiger partial charge on any atom is -0.395 e. The van der Waals surface area contributed by atoms with Gasteiger partial charge in [0.2, 0.25) is 0 Å². The van der Waals surface area contributed by atoms with Crippen molar-refractivity contribution < 1.29 is 5.11 Å². The Morgan fingerprint density at radius 3 is 2.65 bits per heavy atom. The van der Waals surface area contributed by atoms with Gasteiger partial charge in [-0.1, -0.05) is 13.3 Å². The van der Waals surface area contributed by atoms with Gasteiger partial charge in [0.15, 0.2) is 0 Å². The number of rotatable bonds is 7. The van der Waals surface area contributed by atoms with E-state index in [1.165, 1.54) is 0 Å². The highest BCUT2D eigenvalue weighted by Crippen LogP contribution is 2.15. The van der Waals surface area contributed by atoms with E-state index in [9.17, 15) is 0 Å². The fraction of sp³-hybridized carbons (Fsp3) is 0.615. The summed E-state index contributed by atoms with van der Waals surface area (Å²) < 4.78 is 0. The fourth-order valence-electron chi connectivity index (χ4n) is 1.69. The highest BCUT2D eigenvalue weighted by molar-refractivity contribution is 5.44. The van der Waals surface area contributed by atoms with Crippen LogP contribution in [0.1, 0.15) is 38.4 Å². The van der Waals surface area contributed by atoms with Gasteiger partial charge in [0, 0.05) is 19.1 Å². The Morgan fingerprint density at radius 1 is 1.41 bits per heavy atom. The van der Waals surface area contributed by atoms with Crippen LogP contribution in [0, 0.1) is 0 Å². The number of hydrogen-bond donors (Lipinski definition) is 2. The molecule has 1 heterocycles. The molecule has 0 spiro atoms. The van der Waals surface area contributed by atoms with Gasteiger partial charge in [-0.05, 0) is 25.5 Å². The minimum absolute atomic E-state index is 0.0361. The van der Waals surface area contributed by atoms with Gasteiger partial charge >= 0.3 is 0 Å². The van der Waals surface area contributed by atoms with Crippen molar-refractivity contribution in [2.75, 3.05) is 24.6 Å². The molecule has 17 heavy (non-hydrogen) atoms. The highest BCUT2D eigenvalue weighted by Gasteiger charge is 2.07. The van der Waals surface area contributed by atoms with E-state index < -0.39 is 0 Å². The molecule has 4 nitrogen and oxygen atoms in total. The van der Waals surface area contributed by atoms with E-state index in [-0.39, 0.29) is 12.6 Å². The van der Waals surface area contributed by atoms with Gasteiger partial charge in [-0.15, -0.1) is 0 Å². The Kier molecular flexibility index (Phi) is 5.94. The van der Waals surface area contributed by atoms with Gasteiger partial charge in [-0.25, -0.2) is 0 Å². The van der Waals surface area contributed by atoms with Crippen LogP contribution in [-0.2, 0) is 0 Å². The Bertz CT molecular complexity index is 311. The first kappa shape index (κ1) is 13.9. The summed E-state index contributed by atoms with van der Waals surface area (Å²) in [7, 11) is 0. The lowest BCUT2D eigenvalue weighted by Gasteiger charge is -2.23. The van der Waals surface area contributed by atoms with Crippen molar-refractivity contribution in [1.82, 2.24) is 4.98 Å².